The maximum Gasteiger partial charge on any atom is 0.312 e. The summed E-state index contributed by atoms with van der Waals surface area (Å²) in [6, 6.07) is 14.9. The number of aromatic nitrogens is 1. The highest BCUT2D eigenvalue weighted by Crippen LogP contribution is 2.29. The Hall–Kier alpha value is -3.15. The lowest BCUT2D eigenvalue weighted by Gasteiger charge is -2.07. The van der Waals surface area contributed by atoms with Gasteiger partial charge in [-0.2, -0.15) is 0 Å². The van der Waals surface area contributed by atoms with Gasteiger partial charge in [0.25, 0.3) is 0 Å². The van der Waals surface area contributed by atoms with Crippen LogP contribution < -0.4 is 5.32 Å². The summed E-state index contributed by atoms with van der Waals surface area (Å²) in [5.41, 5.74) is 1.19. The highest BCUT2D eigenvalue weighted by molar-refractivity contribution is 5.85. The Morgan fingerprint density at radius 3 is 2.52 bits per heavy atom. The highest BCUT2D eigenvalue weighted by atomic mass is 16.6. The molecule has 0 bridgehead atoms. The molecule has 0 saturated carbocycles. The number of nitrogens with zero attached hydrogens (tertiary/aromatic N) is 2. The van der Waals surface area contributed by atoms with E-state index in [1.165, 1.54) is 18.2 Å². The number of para-hydroxylation sites is 1. The number of phenols is 1. The number of rotatable bonds is 3. The number of fused-ring (bicyclic) bond motifs is 1. The Labute approximate surface area is 119 Å². The minimum Gasteiger partial charge on any atom is -0.508 e. The molecule has 0 amide bonds. The van der Waals surface area contributed by atoms with E-state index in [1.807, 2.05) is 6.07 Å². The molecule has 0 aliphatic rings. The first-order valence-corrected chi connectivity index (χ1v) is 6.24. The molecule has 0 atom stereocenters. The molecule has 0 aliphatic heterocycles. The Morgan fingerprint density at radius 2 is 1.81 bits per heavy atom. The molecule has 1 heterocycles. The molecule has 0 saturated heterocycles. The van der Waals surface area contributed by atoms with Crippen LogP contribution in [0.3, 0.4) is 0 Å². The van der Waals surface area contributed by atoms with Gasteiger partial charge in [-0.25, -0.2) is 4.98 Å². The molecule has 3 rings (SSSR count). The smallest absolute Gasteiger partial charge is 0.312 e. The number of hydrogen-bond acceptors (Lipinski definition) is 5. The van der Waals surface area contributed by atoms with E-state index in [0.29, 0.717) is 16.6 Å². The second-order valence-corrected chi connectivity index (χ2v) is 4.48. The van der Waals surface area contributed by atoms with Crippen molar-refractivity contribution in [2.45, 2.75) is 0 Å². The number of aromatic hydroxyl groups is 1. The fourth-order valence-electron chi connectivity index (χ4n) is 2.02. The Kier molecular flexibility index (Phi) is 3.12. The van der Waals surface area contributed by atoms with Crippen LogP contribution in [0.5, 0.6) is 5.75 Å². The van der Waals surface area contributed by atoms with Gasteiger partial charge in [0.2, 0.25) is 5.82 Å². The molecule has 1 aromatic heterocycles. The van der Waals surface area contributed by atoms with E-state index in [1.54, 1.807) is 30.3 Å². The van der Waals surface area contributed by atoms with Gasteiger partial charge in [0, 0.05) is 17.1 Å². The summed E-state index contributed by atoms with van der Waals surface area (Å²) in [5.74, 6) is 0.297. The quantitative estimate of drug-likeness (QED) is 0.435. The van der Waals surface area contributed by atoms with Crippen LogP contribution in [-0.2, 0) is 0 Å². The normalized spacial score (nSPS) is 10.5. The SMILES string of the molecule is O=[N+]([O-])c1cc2ccccc2nc1Nc1ccc(O)cc1. The zero-order valence-electron chi connectivity index (χ0n) is 10.9. The number of nitrogens with one attached hydrogen (secondary N) is 1. The van der Waals surface area contributed by atoms with Gasteiger partial charge in [0.15, 0.2) is 0 Å². The molecular formula is C15H11N3O3. The van der Waals surface area contributed by atoms with Crippen LogP contribution >= 0.6 is 0 Å². The maximum absolute atomic E-state index is 11.2. The van der Waals surface area contributed by atoms with Crippen molar-refractivity contribution in [1.29, 1.82) is 0 Å². The van der Waals surface area contributed by atoms with Crippen LogP contribution in [0, 0.1) is 10.1 Å². The fraction of sp³-hybridized carbons (Fsp3) is 0. The zero-order valence-corrected chi connectivity index (χ0v) is 10.9. The lowest BCUT2D eigenvalue weighted by atomic mass is 10.2. The van der Waals surface area contributed by atoms with Crippen LogP contribution in [0.2, 0.25) is 0 Å². The predicted octanol–water partition coefficient (Wildman–Crippen LogP) is 3.59. The molecule has 3 aromatic rings. The Balaban J connectivity index is 2.09. The van der Waals surface area contributed by atoms with Gasteiger partial charge in [-0.05, 0) is 30.3 Å². The highest BCUT2D eigenvalue weighted by Gasteiger charge is 2.17. The van der Waals surface area contributed by atoms with Crippen molar-refractivity contribution in [1.82, 2.24) is 4.98 Å². The summed E-state index contributed by atoms with van der Waals surface area (Å²) in [7, 11) is 0. The maximum atomic E-state index is 11.2. The summed E-state index contributed by atoms with van der Waals surface area (Å²) >= 11 is 0. The van der Waals surface area contributed by atoms with E-state index in [2.05, 4.69) is 10.3 Å². The fourth-order valence-corrected chi connectivity index (χ4v) is 2.02. The third-order valence-corrected chi connectivity index (χ3v) is 3.03. The minimum absolute atomic E-state index is 0.0956. The van der Waals surface area contributed by atoms with Crippen LogP contribution in [0.15, 0.2) is 54.6 Å². The van der Waals surface area contributed by atoms with Gasteiger partial charge in [-0.1, -0.05) is 18.2 Å². The first-order valence-electron chi connectivity index (χ1n) is 6.24. The van der Waals surface area contributed by atoms with Gasteiger partial charge in [-0.3, -0.25) is 10.1 Å². The molecule has 21 heavy (non-hydrogen) atoms. The van der Waals surface area contributed by atoms with Crippen molar-refractivity contribution in [3.63, 3.8) is 0 Å². The molecule has 2 aromatic carbocycles. The van der Waals surface area contributed by atoms with E-state index in [4.69, 9.17) is 0 Å². The predicted molar refractivity (Wildman–Crippen MR) is 79.8 cm³/mol. The minimum atomic E-state index is -0.470. The van der Waals surface area contributed by atoms with Crippen molar-refractivity contribution < 1.29 is 10.0 Å². The molecular weight excluding hydrogens is 270 g/mol. The summed E-state index contributed by atoms with van der Waals surface area (Å²) in [6.45, 7) is 0. The van der Waals surface area contributed by atoms with E-state index in [0.717, 1.165) is 0 Å². The Bertz CT molecular complexity index is 816. The number of pyridine rings is 1. The molecule has 0 spiro atoms. The van der Waals surface area contributed by atoms with E-state index in [-0.39, 0.29) is 17.3 Å². The van der Waals surface area contributed by atoms with Crippen molar-refractivity contribution in [3.05, 3.63) is 64.7 Å². The molecule has 0 aliphatic carbocycles. The standard InChI is InChI=1S/C15H11N3O3/c19-12-7-5-11(6-8-12)16-15-14(18(20)21)9-10-3-1-2-4-13(10)17-15/h1-9,19H,(H,16,17). The summed E-state index contributed by atoms with van der Waals surface area (Å²) in [5, 5.41) is 24.1. The molecule has 0 radical (unpaired) electrons. The molecule has 2 N–H and O–H groups in total. The first-order chi connectivity index (χ1) is 10.1. The van der Waals surface area contributed by atoms with Gasteiger partial charge < -0.3 is 10.4 Å². The summed E-state index contributed by atoms with van der Waals surface area (Å²) in [4.78, 5) is 15.0. The molecule has 6 heteroatoms. The van der Waals surface area contributed by atoms with Crippen molar-refractivity contribution in [2.24, 2.45) is 0 Å². The van der Waals surface area contributed by atoms with Crippen LogP contribution in [0.1, 0.15) is 0 Å². The van der Waals surface area contributed by atoms with E-state index >= 15 is 0 Å². The molecule has 0 unspecified atom stereocenters. The monoisotopic (exact) mass is 281 g/mol. The summed E-state index contributed by atoms with van der Waals surface area (Å²) < 4.78 is 0. The molecule has 6 nitrogen and oxygen atoms in total. The van der Waals surface area contributed by atoms with Gasteiger partial charge >= 0.3 is 5.69 Å². The molecule has 104 valence electrons. The average molecular weight is 281 g/mol. The van der Waals surface area contributed by atoms with Crippen molar-refractivity contribution >= 4 is 28.1 Å². The number of nitro groups is 1. The van der Waals surface area contributed by atoms with Gasteiger partial charge in [-0.15, -0.1) is 0 Å². The lowest BCUT2D eigenvalue weighted by molar-refractivity contribution is -0.384. The average Bonchev–Trinajstić information content (AvgIpc) is 2.48. The number of phenolic OH excluding ortho intramolecular Hbond substituents is 1. The first kappa shape index (κ1) is 12.9. The second-order valence-electron chi connectivity index (χ2n) is 4.48. The zero-order chi connectivity index (χ0) is 14.8. The summed E-state index contributed by atoms with van der Waals surface area (Å²) in [6.07, 6.45) is 0. The van der Waals surface area contributed by atoms with Gasteiger partial charge in [0.1, 0.15) is 5.75 Å². The van der Waals surface area contributed by atoms with E-state index in [9.17, 15) is 15.2 Å². The molecule has 0 fully saturated rings. The number of anilines is 2. The number of benzene rings is 2. The van der Waals surface area contributed by atoms with E-state index < -0.39 is 4.92 Å². The van der Waals surface area contributed by atoms with Crippen molar-refractivity contribution in [2.75, 3.05) is 5.32 Å². The van der Waals surface area contributed by atoms with Crippen molar-refractivity contribution in [3.8, 4) is 5.75 Å². The third-order valence-electron chi connectivity index (χ3n) is 3.03. The number of hydrogen-bond donors (Lipinski definition) is 2. The largest absolute Gasteiger partial charge is 0.508 e. The van der Waals surface area contributed by atoms with Crippen LogP contribution in [-0.4, -0.2) is 15.0 Å². The van der Waals surface area contributed by atoms with Crippen LogP contribution in [0.4, 0.5) is 17.2 Å². The van der Waals surface area contributed by atoms with Gasteiger partial charge in [0.05, 0.1) is 10.4 Å². The Morgan fingerprint density at radius 1 is 1.10 bits per heavy atom. The lowest BCUT2D eigenvalue weighted by Crippen LogP contribution is -2.00. The third kappa shape index (κ3) is 2.59. The topological polar surface area (TPSA) is 88.3 Å². The van der Waals surface area contributed by atoms with Crippen LogP contribution in [0.25, 0.3) is 10.9 Å². The second kappa shape index (κ2) is 5.09.